The van der Waals surface area contributed by atoms with Gasteiger partial charge in [-0.1, -0.05) is 30.3 Å². The Morgan fingerprint density at radius 1 is 1.38 bits per heavy atom. The van der Waals surface area contributed by atoms with E-state index in [0.717, 1.165) is 29.5 Å². The molecule has 1 aromatic carbocycles. The van der Waals surface area contributed by atoms with Crippen molar-refractivity contribution in [1.82, 2.24) is 15.6 Å². The van der Waals surface area contributed by atoms with E-state index in [1.807, 2.05) is 30.3 Å². The fourth-order valence-electron chi connectivity index (χ4n) is 3.08. The number of hydrogen-bond donors (Lipinski definition) is 4. The third-order valence-corrected chi connectivity index (χ3v) is 4.33. The molecule has 0 spiro atoms. The van der Waals surface area contributed by atoms with Crippen LogP contribution in [0.25, 0.3) is 0 Å². The van der Waals surface area contributed by atoms with Crippen molar-refractivity contribution in [3.8, 4) is 0 Å². The molecule has 0 radical (unpaired) electrons. The number of nitrogen functional groups attached to an aromatic ring is 1. The summed E-state index contributed by atoms with van der Waals surface area (Å²) in [5.41, 5.74) is 9.74. The molecule has 0 fully saturated rings. The molecular weight excluding hydrogens is 302 g/mol. The van der Waals surface area contributed by atoms with Gasteiger partial charge >= 0.3 is 6.03 Å². The van der Waals surface area contributed by atoms with Gasteiger partial charge in [-0.3, -0.25) is 0 Å². The Labute approximate surface area is 141 Å². The van der Waals surface area contributed by atoms with Gasteiger partial charge in [-0.05, 0) is 36.0 Å². The van der Waals surface area contributed by atoms with Gasteiger partial charge in [-0.25, -0.2) is 9.78 Å². The lowest BCUT2D eigenvalue weighted by atomic mass is 9.87. The number of carbonyl (C=O) groups excluding carboxylic acids is 1. The van der Waals surface area contributed by atoms with E-state index in [2.05, 4.69) is 15.6 Å². The van der Waals surface area contributed by atoms with E-state index in [1.165, 1.54) is 6.21 Å². The molecule has 1 aliphatic carbocycles. The van der Waals surface area contributed by atoms with Crippen LogP contribution in [-0.2, 0) is 19.4 Å². The largest absolute Gasteiger partial charge is 0.383 e. The van der Waals surface area contributed by atoms with Crippen LogP contribution in [0.15, 0.2) is 36.5 Å². The lowest BCUT2D eigenvalue weighted by Gasteiger charge is -2.26. The fraction of sp³-hybridized carbons (Fsp3) is 0.278. The van der Waals surface area contributed by atoms with Gasteiger partial charge in [0.15, 0.2) is 0 Å². The van der Waals surface area contributed by atoms with Crippen LogP contribution < -0.4 is 16.4 Å². The van der Waals surface area contributed by atoms with Crippen molar-refractivity contribution < 1.29 is 4.79 Å². The zero-order chi connectivity index (χ0) is 16.9. The van der Waals surface area contributed by atoms with Crippen LogP contribution >= 0.6 is 0 Å². The van der Waals surface area contributed by atoms with Gasteiger partial charge < -0.3 is 21.8 Å². The number of nitrogens with zero attached hydrogens (tertiary/aromatic N) is 1. The first kappa shape index (κ1) is 16.0. The first-order chi connectivity index (χ1) is 11.7. The third-order valence-electron chi connectivity index (χ3n) is 4.33. The lowest BCUT2D eigenvalue weighted by molar-refractivity contribution is 0.235. The molecule has 1 atom stereocenters. The van der Waals surface area contributed by atoms with Crippen molar-refractivity contribution in [1.29, 1.82) is 5.41 Å². The maximum absolute atomic E-state index is 12.1. The summed E-state index contributed by atoms with van der Waals surface area (Å²) in [7, 11) is 0. The molecule has 124 valence electrons. The van der Waals surface area contributed by atoms with Crippen molar-refractivity contribution in [3.05, 3.63) is 58.8 Å². The third kappa shape index (κ3) is 3.53. The highest BCUT2D eigenvalue weighted by Gasteiger charge is 2.23. The molecule has 0 bridgehead atoms. The summed E-state index contributed by atoms with van der Waals surface area (Å²) in [6.07, 6.45) is 5.35. The molecule has 1 unspecified atom stereocenters. The van der Waals surface area contributed by atoms with Crippen LogP contribution in [-0.4, -0.2) is 23.3 Å². The van der Waals surface area contributed by atoms with Crippen LogP contribution in [0.3, 0.4) is 0 Å². The van der Waals surface area contributed by atoms with Crippen molar-refractivity contribution in [2.45, 2.75) is 31.8 Å². The Balaban J connectivity index is 1.58. The summed E-state index contributed by atoms with van der Waals surface area (Å²) in [5.74, 6) is 0.399. The minimum absolute atomic E-state index is 0.0669. The molecular formula is C18H21N5O. The lowest BCUT2D eigenvalue weighted by Crippen LogP contribution is -2.44. The number of hydrogen-bond acceptors (Lipinski definition) is 4. The molecule has 2 aromatic rings. The van der Waals surface area contributed by atoms with E-state index in [9.17, 15) is 4.79 Å². The highest BCUT2D eigenvalue weighted by molar-refractivity contribution is 5.86. The number of anilines is 1. The maximum Gasteiger partial charge on any atom is 0.315 e. The number of fused-ring (bicyclic) bond motifs is 1. The second kappa shape index (κ2) is 7.12. The van der Waals surface area contributed by atoms with Gasteiger partial charge in [0.25, 0.3) is 0 Å². The Bertz CT molecular complexity index is 745. The zero-order valence-electron chi connectivity index (χ0n) is 13.4. The van der Waals surface area contributed by atoms with Crippen LogP contribution in [0.1, 0.15) is 28.7 Å². The number of nitrogens with two attached hydrogens (primary N) is 1. The van der Waals surface area contributed by atoms with Crippen molar-refractivity contribution >= 4 is 18.1 Å². The first-order valence-electron chi connectivity index (χ1n) is 8.02. The average Bonchev–Trinajstić information content (AvgIpc) is 2.61. The molecule has 3 rings (SSSR count). The zero-order valence-corrected chi connectivity index (χ0v) is 13.4. The van der Waals surface area contributed by atoms with Crippen molar-refractivity contribution in [2.24, 2.45) is 0 Å². The van der Waals surface area contributed by atoms with Crippen LogP contribution in [0.2, 0.25) is 0 Å². The number of carbonyl (C=O) groups is 1. The number of amides is 2. The minimum Gasteiger partial charge on any atom is -0.383 e. The van der Waals surface area contributed by atoms with Crippen LogP contribution in [0.4, 0.5) is 10.6 Å². The van der Waals surface area contributed by atoms with E-state index >= 15 is 0 Å². The van der Waals surface area contributed by atoms with Crippen molar-refractivity contribution in [3.63, 3.8) is 0 Å². The number of nitrogens with one attached hydrogen (secondary N) is 3. The van der Waals surface area contributed by atoms with E-state index in [4.69, 9.17) is 11.1 Å². The predicted molar refractivity (Wildman–Crippen MR) is 94.2 cm³/mol. The highest BCUT2D eigenvalue weighted by Crippen LogP contribution is 2.25. The molecule has 6 heteroatoms. The van der Waals surface area contributed by atoms with E-state index in [-0.39, 0.29) is 12.1 Å². The Morgan fingerprint density at radius 3 is 2.92 bits per heavy atom. The first-order valence-corrected chi connectivity index (χ1v) is 8.02. The van der Waals surface area contributed by atoms with Crippen LogP contribution in [0, 0.1) is 5.41 Å². The Morgan fingerprint density at radius 2 is 2.17 bits per heavy atom. The Kier molecular flexibility index (Phi) is 4.74. The molecule has 1 aliphatic rings. The molecule has 1 heterocycles. The number of urea groups is 1. The molecule has 2 amide bonds. The normalized spacial score (nSPS) is 16.1. The summed E-state index contributed by atoms with van der Waals surface area (Å²) in [6.45, 7) is 0.506. The summed E-state index contributed by atoms with van der Waals surface area (Å²) in [6, 6.07) is 9.71. The molecule has 24 heavy (non-hydrogen) atoms. The number of benzene rings is 1. The minimum atomic E-state index is -0.164. The molecule has 0 saturated carbocycles. The van der Waals surface area contributed by atoms with Crippen molar-refractivity contribution in [2.75, 3.05) is 5.73 Å². The average molecular weight is 323 g/mol. The predicted octanol–water partition coefficient (Wildman–Crippen LogP) is 2.02. The molecule has 5 N–H and O–H groups in total. The van der Waals surface area contributed by atoms with E-state index < -0.39 is 0 Å². The molecule has 6 nitrogen and oxygen atoms in total. The van der Waals surface area contributed by atoms with Gasteiger partial charge in [0.2, 0.25) is 0 Å². The Hall–Kier alpha value is -2.89. The highest BCUT2D eigenvalue weighted by atomic mass is 16.2. The summed E-state index contributed by atoms with van der Waals surface area (Å²) in [4.78, 5) is 16.2. The molecule has 1 aromatic heterocycles. The van der Waals surface area contributed by atoms with Gasteiger partial charge in [0.05, 0.1) is 0 Å². The smallest absolute Gasteiger partial charge is 0.315 e. The second-order valence-corrected chi connectivity index (χ2v) is 5.96. The quantitative estimate of drug-likeness (QED) is 0.647. The van der Waals surface area contributed by atoms with Gasteiger partial charge in [-0.15, -0.1) is 0 Å². The SMILES string of the molecule is N=Cc1c(N)ncc2c1CCC(NC(=O)NCc1ccccc1)C2. The second-order valence-electron chi connectivity index (χ2n) is 5.96. The maximum atomic E-state index is 12.1. The van der Waals surface area contributed by atoms with E-state index in [0.29, 0.717) is 24.3 Å². The summed E-state index contributed by atoms with van der Waals surface area (Å²) < 4.78 is 0. The van der Waals surface area contributed by atoms with Gasteiger partial charge in [-0.2, -0.15) is 0 Å². The fourth-order valence-corrected chi connectivity index (χ4v) is 3.08. The summed E-state index contributed by atoms with van der Waals surface area (Å²) in [5, 5.41) is 13.4. The number of aromatic nitrogens is 1. The topological polar surface area (TPSA) is 104 Å². The standard InChI is InChI=1S/C18H21N5O/c19-9-16-15-7-6-14(8-13(15)11-21-17(16)20)23-18(24)22-10-12-4-2-1-3-5-12/h1-5,9,11,14,19H,6-8,10H2,(H2,20,21)(H2,22,23,24). The van der Waals surface area contributed by atoms with Crippen LogP contribution in [0.5, 0.6) is 0 Å². The van der Waals surface area contributed by atoms with Gasteiger partial charge in [0, 0.05) is 30.6 Å². The summed E-state index contributed by atoms with van der Waals surface area (Å²) >= 11 is 0. The number of rotatable bonds is 4. The molecule has 0 saturated heterocycles. The molecule has 0 aliphatic heterocycles. The van der Waals surface area contributed by atoms with E-state index in [1.54, 1.807) is 6.20 Å². The monoisotopic (exact) mass is 323 g/mol. The van der Waals surface area contributed by atoms with Gasteiger partial charge in [0.1, 0.15) is 5.82 Å². The number of pyridine rings is 1.